The summed E-state index contributed by atoms with van der Waals surface area (Å²) in [5, 5.41) is 11.2. The number of benzene rings is 1. The summed E-state index contributed by atoms with van der Waals surface area (Å²) in [4.78, 5) is 38.5. The zero-order valence-electron chi connectivity index (χ0n) is 11.2. The van der Waals surface area contributed by atoms with Crippen LogP contribution in [0.25, 0.3) is 0 Å². The summed E-state index contributed by atoms with van der Waals surface area (Å²) in [7, 11) is 0. The molecule has 0 saturated heterocycles. The Morgan fingerprint density at radius 3 is 2.87 bits per heavy atom. The predicted molar refractivity (Wildman–Crippen MR) is 82.0 cm³/mol. The van der Waals surface area contributed by atoms with Gasteiger partial charge in [-0.25, -0.2) is 0 Å². The quantitative estimate of drug-likeness (QED) is 0.595. The van der Waals surface area contributed by atoms with Gasteiger partial charge in [0, 0.05) is 21.4 Å². The second-order valence-corrected chi connectivity index (χ2v) is 7.78. The van der Waals surface area contributed by atoms with Gasteiger partial charge in [0.2, 0.25) is 0 Å². The van der Waals surface area contributed by atoms with E-state index >= 15 is 0 Å². The van der Waals surface area contributed by atoms with Gasteiger partial charge in [-0.2, -0.15) is 0 Å². The molecule has 0 unspecified atom stereocenters. The van der Waals surface area contributed by atoms with Gasteiger partial charge in [0.1, 0.15) is 5.75 Å². The standard InChI is InChI=1S/C14H8ClNO5S2/c15-4-1-2-6-5(3-4)7-8(13(19)21-6)10(12(17)18)22-11-9(7)23-14(20)16-11/h1-3,7-8,10H,(H,16,20)(H,17,18)/p-1/t7-,8-,10+/m1/s1. The zero-order chi connectivity index (χ0) is 16.3. The molecule has 2 aliphatic heterocycles. The average molecular weight is 369 g/mol. The molecule has 3 heterocycles. The summed E-state index contributed by atoms with van der Waals surface area (Å²) in [6, 6.07) is 4.79. The van der Waals surface area contributed by atoms with Crippen LogP contribution in [0, 0.1) is 5.92 Å². The molecule has 23 heavy (non-hydrogen) atoms. The maximum absolute atomic E-state index is 12.4. The number of hydrogen-bond donors (Lipinski definition) is 1. The highest BCUT2D eigenvalue weighted by atomic mass is 35.5. The first-order valence-electron chi connectivity index (χ1n) is 6.57. The lowest BCUT2D eigenvalue weighted by Gasteiger charge is -2.39. The van der Waals surface area contributed by atoms with Crippen LogP contribution in [-0.2, 0) is 9.59 Å². The van der Waals surface area contributed by atoms with Gasteiger partial charge in [-0.15, -0.1) is 0 Å². The minimum Gasteiger partial charge on any atom is -0.549 e. The van der Waals surface area contributed by atoms with Gasteiger partial charge in [0.25, 0.3) is 0 Å². The van der Waals surface area contributed by atoms with Crippen molar-refractivity contribution in [1.82, 2.24) is 4.98 Å². The summed E-state index contributed by atoms with van der Waals surface area (Å²) in [5.41, 5.74) is 0.602. The second-order valence-electron chi connectivity index (χ2n) is 5.17. The minimum absolute atomic E-state index is 0.303. The zero-order valence-corrected chi connectivity index (χ0v) is 13.6. The number of nitrogens with one attached hydrogen (secondary N) is 1. The molecule has 0 fully saturated rings. The van der Waals surface area contributed by atoms with Crippen LogP contribution in [0.4, 0.5) is 0 Å². The van der Waals surface area contributed by atoms with Crippen LogP contribution >= 0.6 is 34.7 Å². The summed E-state index contributed by atoms with van der Waals surface area (Å²) in [5.74, 6) is -3.23. The third-order valence-electron chi connectivity index (χ3n) is 3.88. The maximum atomic E-state index is 12.4. The summed E-state index contributed by atoms with van der Waals surface area (Å²) >= 11 is 7.91. The highest BCUT2D eigenvalue weighted by molar-refractivity contribution is 8.00. The van der Waals surface area contributed by atoms with Crippen molar-refractivity contribution in [3.63, 3.8) is 0 Å². The smallest absolute Gasteiger partial charge is 0.316 e. The molecule has 1 N–H and O–H groups in total. The molecule has 9 heteroatoms. The lowest BCUT2D eigenvalue weighted by molar-refractivity contribution is -0.306. The largest absolute Gasteiger partial charge is 0.549 e. The molecule has 0 radical (unpaired) electrons. The van der Waals surface area contributed by atoms with E-state index in [0.717, 1.165) is 23.1 Å². The molecular weight excluding hydrogens is 362 g/mol. The minimum atomic E-state index is -1.37. The SMILES string of the molecule is O=C1Oc2ccc(Cl)cc2[C@H]2c3sc(=O)[nH]c3S[C@H](C(=O)[O-])[C@H]12. The molecule has 0 saturated carbocycles. The summed E-state index contributed by atoms with van der Waals surface area (Å²) in [6.45, 7) is 0. The van der Waals surface area contributed by atoms with E-state index < -0.39 is 29.0 Å². The first-order valence-corrected chi connectivity index (χ1v) is 8.65. The van der Waals surface area contributed by atoms with E-state index in [0.29, 0.717) is 26.2 Å². The van der Waals surface area contributed by atoms with E-state index in [1.807, 2.05) is 0 Å². The predicted octanol–water partition coefficient (Wildman–Crippen LogP) is 0.981. The Labute approximate surface area is 142 Å². The number of rotatable bonds is 1. The number of thiazole rings is 1. The highest BCUT2D eigenvalue weighted by Gasteiger charge is 2.49. The van der Waals surface area contributed by atoms with Crippen molar-refractivity contribution in [3.8, 4) is 5.75 Å². The molecule has 0 bridgehead atoms. The summed E-state index contributed by atoms with van der Waals surface area (Å²) < 4.78 is 5.27. The Kier molecular flexibility index (Phi) is 3.29. The van der Waals surface area contributed by atoms with Crippen molar-refractivity contribution >= 4 is 46.6 Å². The molecular formula is C14H7ClNO5S2-. The number of hydrogen-bond acceptors (Lipinski definition) is 7. The number of carboxylic acid groups (broad SMARTS) is 1. The van der Waals surface area contributed by atoms with Gasteiger partial charge < -0.3 is 19.6 Å². The van der Waals surface area contributed by atoms with Gasteiger partial charge in [0.05, 0.1) is 22.2 Å². The van der Waals surface area contributed by atoms with E-state index in [2.05, 4.69) is 4.98 Å². The Bertz CT molecular complexity index is 905. The van der Waals surface area contributed by atoms with E-state index in [1.54, 1.807) is 18.2 Å². The third kappa shape index (κ3) is 2.20. The highest BCUT2D eigenvalue weighted by Crippen LogP contribution is 2.53. The van der Waals surface area contributed by atoms with E-state index in [9.17, 15) is 19.5 Å². The number of carbonyl (C=O) groups is 2. The molecule has 3 atom stereocenters. The second kappa shape index (κ2) is 5.12. The Morgan fingerprint density at radius 1 is 1.35 bits per heavy atom. The average Bonchev–Trinajstić information content (AvgIpc) is 2.86. The number of halogens is 1. The van der Waals surface area contributed by atoms with E-state index in [1.165, 1.54) is 0 Å². The number of fused-ring (bicyclic) bond motifs is 5. The van der Waals surface area contributed by atoms with Crippen molar-refractivity contribution in [1.29, 1.82) is 0 Å². The van der Waals surface area contributed by atoms with Crippen LogP contribution in [0.5, 0.6) is 5.75 Å². The van der Waals surface area contributed by atoms with Crippen molar-refractivity contribution in [2.75, 3.05) is 0 Å². The maximum Gasteiger partial charge on any atom is 0.316 e. The molecule has 2 aromatic rings. The first-order chi connectivity index (χ1) is 11.0. The molecule has 6 nitrogen and oxygen atoms in total. The Morgan fingerprint density at radius 2 is 2.13 bits per heavy atom. The molecule has 118 valence electrons. The first kappa shape index (κ1) is 14.8. The number of esters is 1. The Hall–Kier alpha value is -1.77. The fourth-order valence-electron chi connectivity index (χ4n) is 2.98. The number of aliphatic carboxylic acids is 1. The van der Waals surface area contributed by atoms with Crippen LogP contribution in [0.3, 0.4) is 0 Å². The number of aromatic amines is 1. The van der Waals surface area contributed by atoms with Crippen LogP contribution < -0.4 is 14.7 Å². The molecule has 4 rings (SSSR count). The van der Waals surface area contributed by atoms with E-state index in [-0.39, 0.29) is 4.87 Å². The van der Waals surface area contributed by atoms with Crippen LogP contribution in [0.15, 0.2) is 28.0 Å². The molecule has 2 aliphatic rings. The topological polar surface area (TPSA) is 99.3 Å². The van der Waals surface area contributed by atoms with Gasteiger partial charge in [-0.05, 0) is 18.2 Å². The van der Waals surface area contributed by atoms with Crippen LogP contribution in [0.1, 0.15) is 16.4 Å². The normalized spacial score (nSPS) is 25.1. The molecule has 0 amide bonds. The summed E-state index contributed by atoms with van der Waals surface area (Å²) in [6.07, 6.45) is 0. The lowest BCUT2D eigenvalue weighted by atomic mass is 9.80. The van der Waals surface area contributed by atoms with Gasteiger partial charge >= 0.3 is 10.8 Å². The molecule has 1 aromatic carbocycles. The van der Waals surface area contributed by atoms with Crippen molar-refractivity contribution in [2.45, 2.75) is 16.2 Å². The fraction of sp³-hybridized carbons (Fsp3) is 0.214. The van der Waals surface area contributed by atoms with Crippen LogP contribution in [-0.4, -0.2) is 22.2 Å². The lowest BCUT2D eigenvalue weighted by Crippen LogP contribution is -2.48. The van der Waals surface area contributed by atoms with Crippen molar-refractivity contribution in [2.24, 2.45) is 5.92 Å². The third-order valence-corrected chi connectivity index (χ3v) is 6.50. The molecule has 0 aliphatic carbocycles. The molecule has 1 aromatic heterocycles. The van der Waals surface area contributed by atoms with Crippen molar-refractivity contribution in [3.05, 3.63) is 43.3 Å². The number of aromatic nitrogens is 1. The number of thioether (sulfide) groups is 1. The fourth-order valence-corrected chi connectivity index (χ4v) is 5.55. The van der Waals surface area contributed by atoms with Gasteiger partial charge in [0.15, 0.2) is 0 Å². The number of ether oxygens (including phenoxy) is 1. The monoisotopic (exact) mass is 368 g/mol. The number of carboxylic acids is 1. The molecule has 0 spiro atoms. The Balaban J connectivity index is 2.00. The van der Waals surface area contributed by atoms with Crippen LogP contribution in [0.2, 0.25) is 5.02 Å². The number of carbonyl (C=O) groups excluding carboxylic acids is 2. The van der Waals surface area contributed by atoms with E-state index in [4.69, 9.17) is 16.3 Å². The van der Waals surface area contributed by atoms with Crippen molar-refractivity contribution < 1.29 is 19.4 Å². The van der Waals surface area contributed by atoms with Gasteiger partial charge in [-0.1, -0.05) is 34.7 Å². The number of H-pyrrole nitrogens is 1. The van der Waals surface area contributed by atoms with Gasteiger partial charge in [-0.3, -0.25) is 9.59 Å².